The molecule has 0 aliphatic carbocycles. The van der Waals surface area contributed by atoms with E-state index in [-0.39, 0.29) is 18.9 Å². The molecular formula is C12H13F3N6. The minimum Gasteiger partial charge on any atom is -0.396 e. The van der Waals surface area contributed by atoms with E-state index in [1.54, 1.807) is 12.1 Å². The van der Waals surface area contributed by atoms with Gasteiger partial charge in [-0.15, -0.1) is 10.2 Å². The monoisotopic (exact) mass is 298 g/mol. The predicted octanol–water partition coefficient (Wildman–Crippen LogP) is 1.60. The largest absolute Gasteiger partial charge is 0.451 e. The lowest BCUT2D eigenvalue weighted by molar-refractivity contribution is -0.147. The molecule has 0 bridgehead atoms. The molecule has 0 amide bonds. The standard InChI is InChI=1S/C12H13F3N6/c1-7-2-3-8(16)10(17-7)20-4-5-21-9(6-20)18-19-11(21)12(13,14)15/h2-3H,4-6,16H2,1H3. The maximum Gasteiger partial charge on any atom is 0.451 e. The minimum atomic E-state index is -4.49. The van der Waals surface area contributed by atoms with Crippen LogP contribution in [0.4, 0.5) is 24.7 Å². The molecule has 1 aliphatic rings. The van der Waals surface area contributed by atoms with E-state index in [0.29, 0.717) is 18.1 Å². The molecule has 0 radical (unpaired) electrons. The second kappa shape index (κ2) is 4.61. The van der Waals surface area contributed by atoms with Crippen molar-refractivity contribution in [2.24, 2.45) is 0 Å². The molecule has 0 atom stereocenters. The van der Waals surface area contributed by atoms with E-state index in [1.807, 2.05) is 11.8 Å². The molecule has 9 heteroatoms. The first-order valence-electron chi connectivity index (χ1n) is 6.33. The van der Waals surface area contributed by atoms with Crippen molar-refractivity contribution in [3.63, 3.8) is 0 Å². The van der Waals surface area contributed by atoms with E-state index in [1.165, 1.54) is 0 Å². The number of hydrogen-bond donors (Lipinski definition) is 1. The molecule has 112 valence electrons. The van der Waals surface area contributed by atoms with Crippen LogP contribution in [0.3, 0.4) is 0 Å². The van der Waals surface area contributed by atoms with Crippen LogP contribution >= 0.6 is 0 Å². The Balaban J connectivity index is 1.92. The zero-order valence-electron chi connectivity index (χ0n) is 11.2. The van der Waals surface area contributed by atoms with Crippen LogP contribution in [0.15, 0.2) is 12.1 Å². The lowest BCUT2D eigenvalue weighted by atomic mass is 10.2. The highest BCUT2D eigenvalue weighted by Crippen LogP contribution is 2.31. The van der Waals surface area contributed by atoms with Gasteiger partial charge in [-0.1, -0.05) is 0 Å². The number of rotatable bonds is 1. The van der Waals surface area contributed by atoms with Gasteiger partial charge < -0.3 is 15.2 Å². The Labute approximate surface area is 118 Å². The van der Waals surface area contributed by atoms with E-state index in [0.717, 1.165) is 10.3 Å². The molecule has 21 heavy (non-hydrogen) atoms. The Morgan fingerprint density at radius 2 is 1.95 bits per heavy atom. The zero-order chi connectivity index (χ0) is 15.2. The van der Waals surface area contributed by atoms with Gasteiger partial charge in [0.05, 0.1) is 12.2 Å². The van der Waals surface area contributed by atoms with E-state index in [9.17, 15) is 13.2 Å². The number of alkyl halides is 3. The predicted molar refractivity (Wildman–Crippen MR) is 69.5 cm³/mol. The number of nitrogen functional groups attached to an aromatic ring is 1. The third kappa shape index (κ3) is 2.39. The highest BCUT2D eigenvalue weighted by Gasteiger charge is 2.39. The number of halogens is 3. The molecule has 0 spiro atoms. The molecule has 6 nitrogen and oxygen atoms in total. The molecule has 2 aromatic rings. The fraction of sp³-hybridized carbons (Fsp3) is 0.417. The molecule has 0 unspecified atom stereocenters. The molecule has 2 N–H and O–H groups in total. The van der Waals surface area contributed by atoms with Crippen LogP contribution in [0, 0.1) is 6.92 Å². The molecule has 3 rings (SSSR count). The summed E-state index contributed by atoms with van der Waals surface area (Å²) in [5.74, 6) is -0.128. The van der Waals surface area contributed by atoms with Crippen LogP contribution in [0.2, 0.25) is 0 Å². The van der Waals surface area contributed by atoms with E-state index in [4.69, 9.17) is 5.73 Å². The number of nitrogens with two attached hydrogens (primary N) is 1. The normalized spacial score (nSPS) is 15.1. The summed E-state index contributed by atoms with van der Waals surface area (Å²) in [6.07, 6.45) is -4.49. The number of aryl methyl sites for hydroxylation is 1. The number of hydrogen-bond acceptors (Lipinski definition) is 5. The summed E-state index contributed by atoms with van der Waals surface area (Å²) < 4.78 is 39.4. The molecular weight excluding hydrogens is 285 g/mol. The van der Waals surface area contributed by atoms with Crippen molar-refractivity contribution < 1.29 is 13.2 Å². The van der Waals surface area contributed by atoms with Crippen molar-refractivity contribution in [3.8, 4) is 0 Å². The summed E-state index contributed by atoms with van der Waals surface area (Å²) in [5, 5.41) is 6.88. The molecule has 1 aliphatic heterocycles. The summed E-state index contributed by atoms with van der Waals surface area (Å²) in [5.41, 5.74) is 7.17. The van der Waals surface area contributed by atoms with Crippen molar-refractivity contribution in [2.45, 2.75) is 26.2 Å². The third-order valence-corrected chi connectivity index (χ3v) is 3.35. The van der Waals surface area contributed by atoms with Crippen LogP contribution in [-0.2, 0) is 19.3 Å². The zero-order valence-corrected chi connectivity index (χ0v) is 11.2. The lowest BCUT2D eigenvalue weighted by Gasteiger charge is -2.29. The number of nitrogens with zero attached hydrogens (tertiary/aromatic N) is 5. The number of fused-ring (bicyclic) bond motifs is 1. The molecule has 0 saturated heterocycles. The first kappa shape index (κ1) is 13.7. The Kier molecular flexibility index (Phi) is 2.99. The van der Waals surface area contributed by atoms with Gasteiger partial charge in [0.25, 0.3) is 0 Å². The van der Waals surface area contributed by atoms with Gasteiger partial charge in [-0.25, -0.2) is 4.98 Å². The number of anilines is 2. The van der Waals surface area contributed by atoms with Gasteiger partial charge in [-0.05, 0) is 19.1 Å². The Bertz CT molecular complexity index is 678. The first-order valence-corrected chi connectivity index (χ1v) is 6.33. The lowest BCUT2D eigenvalue weighted by Crippen LogP contribution is -2.36. The fourth-order valence-electron chi connectivity index (χ4n) is 2.36. The summed E-state index contributed by atoms with van der Waals surface area (Å²) in [4.78, 5) is 6.16. The van der Waals surface area contributed by atoms with Crippen LogP contribution in [-0.4, -0.2) is 26.3 Å². The van der Waals surface area contributed by atoms with Crippen molar-refractivity contribution in [2.75, 3.05) is 17.2 Å². The second-order valence-corrected chi connectivity index (χ2v) is 4.88. The van der Waals surface area contributed by atoms with Gasteiger partial charge in [-0.3, -0.25) is 0 Å². The van der Waals surface area contributed by atoms with Gasteiger partial charge in [0.2, 0.25) is 5.82 Å². The average molecular weight is 298 g/mol. The van der Waals surface area contributed by atoms with Crippen LogP contribution in [0.1, 0.15) is 17.3 Å². The van der Waals surface area contributed by atoms with E-state index in [2.05, 4.69) is 15.2 Å². The van der Waals surface area contributed by atoms with Crippen LogP contribution in [0.5, 0.6) is 0 Å². The first-order chi connectivity index (χ1) is 9.86. The van der Waals surface area contributed by atoms with E-state index >= 15 is 0 Å². The van der Waals surface area contributed by atoms with Gasteiger partial charge >= 0.3 is 6.18 Å². The number of aromatic nitrogens is 4. The Hall–Kier alpha value is -2.32. The molecule has 2 aromatic heterocycles. The fourth-order valence-corrected chi connectivity index (χ4v) is 2.36. The molecule has 0 fully saturated rings. The summed E-state index contributed by atoms with van der Waals surface area (Å²) in [6, 6.07) is 3.52. The third-order valence-electron chi connectivity index (χ3n) is 3.35. The van der Waals surface area contributed by atoms with Crippen LogP contribution < -0.4 is 10.6 Å². The summed E-state index contributed by atoms with van der Waals surface area (Å²) in [6.45, 7) is 2.54. The molecule has 0 aromatic carbocycles. The van der Waals surface area contributed by atoms with Crippen molar-refractivity contribution in [1.29, 1.82) is 0 Å². The minimum absolute atomic E-state index is 0.145. The Morgan fingerprint density at radius 3 is 2.67 bits per heavy atom. The maximum atomic E-state index is 12.8. The van der Waals surface area contributed by atoms with Gasteiger partial charge in [0.1, 0.15) is 0 Å². The molecule has 0 saturated carbocycles. The molecule has 3 heterocycles. The smallest absolute Gasteiger partial charge is 0.396 e. The highest BCUT2D eigenvalue weighted by molar-refractivity contribution is 5.63. The Morgan fingerprint density at radius 1 is 1.19 bits per heavy atom. The average Bonchev–Trinajstić information content (AvgIpc) is 2.84. The van der Waals surface area contributed by atoms with Crippen molar-refractivity contribution in [1.82, 2.24) is 19.7 Å². The van der Waals surface area contributed by atoms with Gasteiger partial charge in [0, 0.05) is 18.8 Å². The van der Waals surface area contributed by atoms with Gasteiger partial charge in [0.15, 0.2) is 11.6 Å². The maximum absolute atomic E-state index is 12.8. The topological polar surface area (TPSA) is 72.9 Å². The summed E-state index contributed by atoms with van der Waals surface area (Å²) in [7, 11) is 0. The van der Waals surface area contributed by atoms with Crippen molar-refractivity contribution in [3.05, 3.63) is 29.5 Å². The SMILES string of the molecule is Cc1ccc(N)c(N2CCn3c(nnc3C(F)(F)F)C2)n1. The van der Waals surface area contributed by atoms with Gasteiger partial charge in [-0.2, -0.15) is 13.2 Å². The number of pyridine rings is 1. The van der Waals surface area contributed by atoms with E-state index < -0.39 is 12.0 Å². The van der Waals surface area contributed by atoms with Crippen LogP contribution in [0.25, 0.3) is 0 Å². The quantitative estimate of drug-likeness (QED) is 0.865. The highest BCUT2D eigenvalue weighted by atomic mass is 19.4. The second-order valence-electron chi connectivity index (χ2n) is 4.88. The van der Waals surface area contributed by atoms with Crippen molar-refractivity contribution >= 4 is 11.5 Å². The summed E-state index contributed by atoms with van der Waals surface area (Å²) >= 11 is 0.